The molecule has 2 aromatic carbocycles. The molecular weight excluding hydrogens is 474 g/mol. The van der Waals surface area contributed by atoms with Gasteiger partial charge in [0.2, 0.25) is 5.91 Å². The number of hydrogen-bond donors (Lipinski definition) is 1. The Morgan fingerprint density at radius 1 is 1.11 bits per heavy atom. The lowest BCUT2D eigenvalue weighted by Crippen LogP contribution is -2.23. The normalized spacial score (nSPS) is 10.9. The van der Waals surface area contributed by atoms with Crippen LogP contribution in [0, 0.1) is 6.92 Å². The fraction of sp³-hybridized carbons (Fsp3) is 0.231. The van der Waals surface area contributed by atoms with Crippen LogP contribution >= 0.6 is 11.8 Å². The van der Waals surface area contributed by atoms with Gasteiger partial charge in [-0.25, -0.2) is 4.68 Å². The minimum atomic E-state index is -0.295. The molecule has 0 aliphatic rings. The fourth-order valence-electron chi connectivity index (χ4n) is 3.83. The summed E-state index contributed by atoms with van der Waals surface area (Å²) in [5, 5.41) is 12.1. The summed E-state index contributed by atoms with van der Waals surface area (Å²) in [4.78, 5) is 27.9. The van der Waals surface area contributed by atoms with Gasteiger partial charge in [-0.15, -0.1) is 16.8 Å². The molecule has 1 amide bonds. The molecule has 10 heteroatoms. The van der Waals surface area contributed by atoms with Crippen molar-refractivity contribution in [2.45, 2.75) is 18.6 Å². The molecule has 0 bridgehead atoms. The monoisotopic (exact) mass is 503 g/mol. The van der Waals surface area contributed by atoms with E-state index in [-0.39, 0.29) is 22.9 Å². The third kappa shape index (κ3) is 4.99. The number of anilines is 2. The van der Waals surface area contributed by atoms with Gasteiger partial charge in [-0.05, 0) is 43.3 Å². The quantitative estimate of drug-likeness (QED) is 0.277. The van der Waals surface area contributed by atoms with Gasteiger partial charge in [0.15, 0.2) is 11.0 Å². The van der Waals surface area contributed by atoms with Crippen LogP contribution < -0.4 is 15.8 Å². The zero-order valence-electron chi connectivity index (χ0n) is 20.8. The number of hydrogen-bond acceptors (Lipinski definition) is 6. The van der Waals surface area contributed by atoms with E-state index in [1.807, 2.05) is 78.2 Å². The number of para-hydroxylation sites is 1. The minimum Gasteiger partial charge on any atom is -0.378 e. The highest BCUT2D eigenvalue weighted by Crippen LogP contribution is 2.26. The predicted octanol–water partition coefficient (Wildman–Crippen LogP) is 3.73. The third-order valence-electron chi connectivity index (χ3n) is 5.82. The van der Waals surface area contributed by atoms with E-state index in [0.717, 1.165) is 16.9 Å². The summed E-state index contributed by atoms with van der Waals surface area (Å²) in [6.07, 6.45) is 1.77. The van der Waals surface area contributed by atoms with Crippen molar-refractivity contribution >= 4 is 29.0 Å². The molecule has 2 heterocycles. The smallest absolute Gasteiger partial charge is 0.295 e. The van der Waals surface area contributed by atoms with Crippen molar-refractivity contribution in [2.24, 2.45) is 7.05 Å². The van der Waals surface area contributed by atoms with Gasteiger partial charge in [-0.3, -0.25) is 18.8 Å². The lowest BCUT2D eigenvalue weighted by Gasteiger charge is -2.13. The van der Waals surface area contributed by atoms with Crippen LogP contribution in [0.2, 0.25) is 0 Å². The van der Waals surface area contributed by atoms with Gasteiger partial charge in [0.25, 0.3) is 5.56 Å². The molecule has 0 spiro atoms. The molecule has 0 fully saturated rings. The van der Waals surface area contributed by atoms with E-state index >= 15 is 0 Å². The molecule has 0 radical (unpaired) electrons. The molecule has 1 N–H and O–H groups in total. The van der Waals surface area contributed by atoms with Crippen molar-refractivity contribution in [1.29, 1.82) is 0 Å². The van der Waals surface area contributed by atoms with Gasteiger partial charge in [0, 0.05) is 38.9 Å². The van der Waals surface area contributed by atoms with Crippen molar-refractivity contribution < 1.29 is 4.79 Å². The van der Waals surface area contributed by atoms with Crippen molar-refractivity contribution in [1.82, 2.24) is 24.1 Å². The van der Waals surface area contributed by atoms with Gasteiger partial charge in [-0.2, -0.15) is 0 Å². The summed E-state index contributed by atoms with van der Waals surface area (Å²) in [7, 11) is 5.77. The van der Waals surface area contributed by atoms with Gasteiger partial charge in [-0.1, -0.05) is 36.0 Å². The standard InChI is InChI=1S/C26H29N7O2S/c1-6-16-32-24(19-12-14-20(15-13-19)30(3)4)28-29-26(32)36-17-22(34)27-23-18(2)31(5)33(25(23)35)21-10-8-7-9-11-21/h6-15H,1,16-17H2,2-5H3,(H,27,34). The number of nitrogens with one attached hydrogen (secondary N) is 1. The average Bonchev–Trinajstić information content (AvgIpc) is 3.37. The Bertz CT molecular complexity index is 1430. The molecule has 4 rings (SSSR count). The number of rotatable bonds is 9. The summed E-state index contributed by atoms with van der Waals surface area (Å²) in [6.45, 7) is 6.15. The fourth-order valence-corrected chi connectivity index (χ4v) is 4.58. The van der Waals surface area contributed by atoms with Gasteiger partial charge in [0.05, 0.1) is 17.1 Å². The van der Waals surface area contributed by atoms with Crippen LogP contribution in [-0.2, 0) is 18.4 Å². The topological polar surface area (TPSA) is 90.0 Å². The average molecular weight is 504 g/mol. The van der Waals surface area contributed by atoms with Crippen molar-refractivity contribution in [3.8, 4) is 17.1 Å². The van der Waals surface area contributed by atoms with Crippen LogP contribution in [0.5, 0.6) is 0 Å². The van der Waals surface area contributed by atoms with Crippen LogP contribution in [0.3, 0.4) is 0 Å². The molecule has 9 nitrogen and oxygen atoms in total. The van der Waals surface area contributed by atoms with Gasteiger partial charge >= 0.3 is 0 Å². The Morgan fingerprint density at radius 3 is 2.44 bits per heavy atom. The van der Waals surface area contributed by atoms with Gasteiger partial charge < -0.3 is 10.2 Å². The van der Waals surface area contributed by atoms with Crippen LogP contribution in [0.1, 0.15) is 5.69 Å². The zero-order valence-corrected chi connectivity index (χ0v) is 21.6. The Kier molecular flexibility index (Phi) is 7.44. The van der Waals surface area contributed by atoms with Crippen molar-refractivity contribution in [3.05, 3.63) is 83.3 Å². The van der Waals surface area contributed by atoms with E-state index in [2.05, 4.69) is 22.1 Å². The van der Waals surface area contributed by atoms with Crippen molar-refractivity contribution in [3.63, 3.8) is 0 Å². The van der Waals surface area contributed by atoms with Crippen LogP contribution in [0.25, 0.3) is 17.1 Å². The van der Waals surface area contributed by atoms with E-state index in [1.165, 1.54) is 16.4 Å². The molecule has 0 aliphatic carbocycles. The largest absolute Gasteiger partial charge is 0.378 e. The number of amides is 1. The van der Waals surface area contributed by atoms with E-state index in [9.17, 15) is 9.59 Å². The summed E-state index contributed by atoms with van der Waals surface area (Å²) in [5.74, 6) is 0.484. The second-order valence-electron chi connectivity index (χ2n) is 8.42. The molecule has 0 aliphatic heterocycles. The Labute approximate surface area is 214 Å². The van der Waals surface area contributed by atoms with Gasteiger partial charge in [0.1, 0.15) is 5.69 Å². The minimum absolute atomic E-state index is 0.0773. The predicted molar refractivity (Wildman–Crippen MR) is 145 cm³/mol. The molecular formula is C26H29N7O2S. The number of carbonyl (C=O) groups excluding carboxylic acids is 1. The highest BCUT2D eigenvalue weighted by Gasteiger charge is 2.20. The molecule has 186 valence electrons. The lowest BCUT2D eigenvalue weighted by molar-refractivity contribution is -0.113. The molecule has 2 aromatic heterocycles. The highest BCUT2D eigenvalue weighted by atomic mass is 32.2. The first-order valence-corrected chi connectivity index (χ1v) is 12.4. The van der Waals surface area contributed by atoms with E-state index < -0.39 is 0 Å². The molecule has 0 saturated carbocycles. The Hall–Kier alpha value is -4.05. The van der Waals surface area contributed by atoms with Crippen LogP contribution in [0.4, 0.5) is 11.4 Å². The number of aromatic nitrogens is 5. The number of allylic oxidation sites excluding steroid dienone is 1. The molecule has 4 aromatic rings. The highest BCUT2D eigenvalue weighted by molar-refractivity contribution is 7.99. The van der Waals surface area contributed by atoms with E-state index in [0.29, 0.717) is 23.2 Å². The maximum absolute atomic E-state index is 13.1. The number of carbonyl (C=O) groups is 1. The maximum Gasteiger partial charge on any atom is 0.295 e. The molecule has 0 saturated heterocycles. The summed E-state index contributed by atoms with van der Waals surface area (Å²) in [6, 6.07) is 17.3. The Balaban J connectivity index is 1.51. The number of nitrogens with zero attached hydrogens (tertiary/aromatic N) is 6. The van der Waals surface area contributed by atoms with Crippen LogP contribution in [0.15, 0.2) is 77.2 Å². The maximum atomic E-state index is 13.1. The summed E-state index contributed by atoms with van der Waals surface area (Å²) in [5.41, 5.74) is 3.39. The SMILES string of the molecule is C=CCn1c(SCC(=O)Nc2c(C)n(C)n(-c3ccccc3)c2=O)nnc1-c1ccc(N(C)C)cc1. The Morgan fingerprint density at radius 2 is 1.81 bits per heavy atom. The number of benzene rings is 2. The summed E-state index contributed by atoms with van der Waals surface area (Å²) < 4.78 is 5.19. The first kappa shape index (κ1) is 25.1. The van der Waals surface area contributed by atoms with E-state index in [4.69, 9.17) is 0 Å². The van der Waals surface area contributed by atoms with Crippen molar-refractivity contribution in [2.75, 3.05) is 30.1 Å². The summed E-state index contributed by atoms with van der Waals surface area (Å²) >= 11 is 1.26. The van der Waals surface area contributed by atoms with E-state index in [1.54, 1.807) is 24.7 Å². The molecule has 36 heavy (non-hydrogen) atoms. The second-order valence-corrected chi connectivity index (χ2v) is 9.36. The third-order valence-corrected chi connectivity index (χ3v) is 6.79. The first-order chi connectivity index (χ1) is 17.3. The lowest BCUT2D eigenvalue weighted by atomic mass is 10.2. The number of thioether (sulfide) groups is 1. The molecule has 0 atom stereocenters. The first-order valence-electron chi connectivity index (χ1n) is 11.4. The zero-order chi connectivity index (χ0) is 25.8. The second kappa shape index (κ2) is 10.7. The molecule has 0 unspecified atom stereocenters. The van der Waals surface area contributed by atoms with Crippen LogP contribution in [-0.4, -0.2) is 49.9 Å².